The Morgan fingerprint density at radius 3 is 2.66 bits per heavy atom. The van der Waals surface area contributed by atoms with Crippen LogP contribution < -0.4 is 4.90 Å². The number of likely N-dealkylation sites (N-methyl/N-ethyl adjacent to an activating group) is 1. The van der Waals surface area contributed by atoms with Gasteiger partial charge in [0.25, 0.3) is 0 Å². The summed E-state index contributed by atoms with van der Waals surface area (Å²) < 4.78 is 6.81. The minimum atomic E-state index is 0.407. The zero-order valence-electron chi connectivity index (χ0n) is 18.2. The molecule has 6 heteroatoms. The first-order chi connectivity index (χ1) is 15.7. The first kappa shape index (κ1) is 19.9. The largest absolute Gasteiger partial charge is 0.378 e. The summed E-state index contributed by atoms with van der Waals surface area (Å²) in [6.45, 7) is 5.26. The summed E-state index contributed by atoms with van der Waals surface area (Å²) in [5.41, 5.74) is 4.89. The van der Waals surface area contributed by atoms with Gasteiger partial charge < -0.3 is 14.5 Å². The Hall–Kier alpha value is -2.80. The van der Waals surface area contributed by atoms with E-state index in [0.717, 1.165) is 56.5 Å². The minimum Gasteiger partial charge on any atom is -0.378 e. The summed E-state index contributed by atoms with van der Waals surface area (Å²) in [6.07, 6.45) is 0. The molecular weight excluding hydrogens is 416 g/mol. The highest BCUT2D eigenvalue weighted by atomic mass is 32.1. The van der Waals surface area contributed by atoms with E-state index in [9.17, 15) is 0 Å². The predicted octanol–water partition coefficient (Wildman–Crippen LogP) is 4.77. The summed E-state index contributed by atoms with van der Waals surface area (Å²) in [7, 11) is 2.22. The van der Waals surface area contributed by atoms with E-state index in [1.54, 1.807) is 0 Å². The summed E-state index contributed by atoms with van der Waals surface area (Å²) in [5.74, 6) is 1.34. The number of nitrogens with zero attached hydrogens (tertiary/aromatic N) is 4. The van der Waals surface area contributed by atoms with Crippen molar-refractivity contribution in [3.05, 3.63) is 76.7 Å². The monoisotopic (exact) mass is 442 g/mol. The van der Waals surface area contributed by atoms with E-state index in [2.05, 4.69) is 87.7 Å². The zero-order chi connectivity index (χ0) is 21.5. The molecule has 2 aliphatic rings. The van der Waals surface area contributed by atoms with Gasteiger partial charge in [0.05, 0.1) is 18.9 Å². The fourth-order valence-corrected chi connectivity index (χ4v) is 6.04. The number of fused-ring (bicyclic) bond motifs is 2. The molecule has 4 aromatic rings. The van der Waals surface area contributed by atoms with E-state index in [-0.39, 0.29) is 0 Å². The van der Waals surface area contributed by atoms with E-state index in [1.165, 1.54) is 26.1 Å². The number of aromatic nitrogens is 2. The summed E-state index contributed by atoms with van der Waals surface area (Å²) in [5, 5.41) is 10.4. The van der Waals surface area contributed by atoms with Gasteiger partial charge in [0.2, 0.25) is 0 Å². The van der Waals surface area contributed by atoms with E-state index < -0.39 is 0 Å². The van der Waals surface area contributed by atoms with E-state index in [4.69, 9.17) is 4.74 Å². The lowest BCUT2D eigenvalue weighted by atomic mass is 9.87. The molecule has 1 atom stereocenters. The highest BCUT2D eigenvalue weighted by Gasteiger charge is 2.26. The van der Waals surface area contributed by atoms with Crippen molar-refractivity contribution in [1.29, 1.82) is 0 Å². The third-order valence-electron chi connectivity index (χ3n) is 6.52. The second-order valence-corrected chi connectivity index (χ2v) is 9.84. The lowest BCUT2D eigenvalue weighted by Gasteiger charge is -2.32. The molecule has 162 valence electrons. The highest BCUT2D eigenvalue weighted by Crippen LogP contribution is 2.39. The van der Waals surface area contributed by atoms with Crippen molar-refractivity contribution in [3.8, 4) is 11.3 Å². The standard InChI is InChI=1S/C26H26N4OS/c1-29-16-20-14-18(23-8-9-26(28-27-23)30-10-12-31-13-11-30)6-7-21(20)22(17-29)25-15-19-4-2-3-5-24(19)32-25/h2-9,14-15,22H,10-13,16-17H2,1H3. The van der Waals surface area contributed by atoms with Crippen LogP contribution in [0.3, 0.4) is 0 Å². The number of morpholine rings is 1. The smallest absolute Gasteiger partial charge is 0.151 e. The number of anilines is 1. The molecule has 1 unspecified atom stereocenters. The lowest BCUT2D eigenvalue weighted by Crippen LogP contribution is -2.36. The van der Waals surface area contributed by atoms with Crippen LogP contribution in [0.4, 0.5) is 5.82 Å². The Labute approximate surface area is 192 Å². The van der Waals surface area contributed by atoms with E-state index >= 15 is 0 Å². The van der Waals surface area contributed by atoms with Gasteiger partial charge in [-0.1, -0.05) is 30.3 Å². The van der Waals surface area contributed by atoms with Crippen LogP contribution in [0.5, 0.6) is 0 Å². The second kappa shape index (κ2) is 8.28. The van der Waals surface area contributed by atoms with E-state index in [0.29, 0.717) is 5.92 Å². The Balaban J connectivity index is 1.31. The van der Waals surface area contributed by atoms with Crippen molar-refractivity contribution in [2.24, 2.45) is 0 Å². The molecule has 0 spiro atoms. The van der Waals surface area contributed by atoms with Crippen LogP contribution in [0.15, 0.2) is 60.7 Å². The first-order valence-electron chi connectivity index (χ1n) is 11.2. The van der Waals surface area contributed by atoms with Crippen LogP contribution in [0.1, 0.15) is 21.9 Å². The van der Waals surface area contributed by atoms with E-state index in [1.807, 2.05) is 11.3 Å². The van der Waals surface area contributed by atoms with Gasteiger partial charge in [0.15, 0.2) is 5.82 Å². The fourth-order valence-electron chi connectivity index (χ4n) is 4.86. The van der Waals surface area contributed by atoms with Gasteiger partial charge in [0, 0.05) is 47.2 Å². The Morgan fingerprint density at radius 1 is 0.969 bits per heavy atom. The molecule has 1 fully saturated rings. The van der Waals surface area contributed by atoms with Gasteiger partial charge in [0.1, 0.15) is 0 Å². The number of hydrogen-bond donors (Lipinski definition) is 0. The minimum absolute atomic E-state index is 0.407. The summed E-state index contributed by atoms with van der Waals surface area (Å²) >= 11 is 1.92. The van der Waals surface area contributed by atoms with Crippen LogP contribution in [0.25, 0.3) is 21.3 Å². The van der Waals surface area contributed by atoms with Crippen molar-refractivity contribution < 1.29 is 4.74 Å². The van der Waals surface area contributed by atoms with Gasteiger partial charge >= 0.3 is 0 Å². The molecule has 6 rings (SSSR count). The van der Waals surface area contributed by atoms with Crippen LogP contribution in [0, 0.1) is 0 Å². The Bertz CT molecular complexity index is 1210. The maximum absolute atomic E-state index is 5.44. The van der Waals surface area contributed by atoms with Crippen LogP contribution in [-0.4, -0.2) is 55.0 Å². The van der Waals surface area contributed by atoms with Gasteiger partial charge in [-0.05, 0) is 53.9 Å². The number of benzene rings is 2. The third kappa shape index (κ3) is 3.68. The molecule has 32 heavy (non-hydrogen) atoms. The molecule has 2 aliphatic heterocycles. The number of ether oxygens (including phenoxy) is 1. The summed E-state index contributed by atoms with van der Waals surface area (Å²) in [6, 6.07) is 22.1. The van der Waals surface area contributed by atoms with Crippen molar-refractivity contribution in [2.75, 3.05) is 44.8 Å². The first-order valence-corrected chi connectivity index (χ1v) is 12.0. The second-order valence-electron chi connectivity index (χ2n) is 8.73. The topological polar surface area (TPSA) is 41.5 Å². The summed E-state index contributed by atoms with van der Waals surface area (Å²) in [4.78, 5) is 6.10. The molecule has 5 nitrogen and oxygen atoms in total. The fraction of sp³-hybridized carbons (Fsp3) is 0.308. The molecule has 2 aromatic carbocycles. The number of thiophene rings is 1. The lowest BCUT2D eigenvalue weighted by molar-refractivity contribution is 0.122. The molecule has 0 N–H and O–H groups in total. The average Bonchev–Trinajstić information content (AvgIpc) is 3.28. The van der Waals surface area contributed by atoms with Crippen LogP contribution >= 0.6 is 11.3 Å². The molecule has 0 aliphatic carbocycles. The zero-order valence-corrected chi connectivity index (χ0v) is 19.0. The molecule has 0 radical (unpaired) electrons. The van der Waals surface area contributed by atoms with Crippen LogP contribution in [0.2, 0.25) is 0 Å². The molecular formula is C26H26N4OS. The molecule has 0 amide bonds. The van der Waals surface area contributed by atoms with Crippen molar-refractivity contribution >= 4 is 27.2 Å². The maximum atomic E-state index is 5.44. The average molecular weight is 443 g/mol. The normalized spacial score (nSPS) is 19.3. The molecule has 2 aromatic heterocycles. The third-order valence-corrected chi connectivity index (χ3v) is 7.75. The molecule has 0 saturated carbocycles. The van der Waals surface area contributed by atoms with Gasteiger partial charge in [-0.15, -0.1) is 21.5 Å². The van der Waals surface area contributed by atoms with Gasteiger partial charge in [-0.3, -0.25) is 0 Å². The van der Waals surface area contributed by atoms with Crippen molar-refractivity contribution in [1.82, 2.24) is 15.1 Å². The Kier molecular flexibility index (Phi) is 5.14. The quantitative estimate of drug-likeness (QED) is 0.457. The van der Waals surface area contributed by atoms with Gasteiger partial charge in [-0.25, -0.2) is 0 Å². The maximum Gasteiger partial charge on any atom is 0.151 e. The molecule has 1 saturated heterocycles. The molecule has 4 heterocycles. The number of hydrogen-bond acceptors (Lipinski definition) is 6. The van der Waals surface area contributed by atoms with Crippen molar-refractivity contribution in [3.63, 3.8) is 0 Å². The SMILES string of the molecule is CN1Cc2cc(-c3ccc(N4CCOCC4)nn3)ccc2C(c2cc3ccccc3s2)C1. The number of rotatable bonds is 3. The van der Waals surface area contributed by atoms with Gasteiger partial charge in [-0.2, -0.15) is 0 Å². The van der Waals surface area contributed by atoms with Crippen LogP contribution in [-0.2, 0) is 11.3 Å². The van der Waals surface area contributed by atoms with Crippen molar-refractivity contribution in [2.45, 2.75) is 12.5 Å². The molecule has 0 bridgehead atoms. The predicted molar refractivity (Wildman–Crippen MR) is 131 cm³/mol. The highest BCUT2D eigenvalue weighted by molar-refractivity contribution is 7.19. The Morgan fingerprint density at radius 2 is 1.84 bits per heavy atom.